The van der Waals surface area contributed by atoms with E-state index in [1.165, 1.54) is 0 Å². The van der Waals surface area contributed by atoms with E-state index in [1.807, 2.05) is 36.1 Å². The summed E-state index contributed by atoms with van der Waals surface area (Å²) in [5, 5.41) is 9.00. The van der Waals surface area contributed by atoms with Crippen molar-refractivity contribution in [3.8, 4) is 0 Å². The average molecular weight is 311 g/mol. The number of nitrogens with zero attached hydrogens (tertiary/aromatic N) is 1. The highest BCUT2D eigenvalue weighted by atomic mass is 32.2. The quantitative estimate of drug-likeness (QED) is 0.832. The molecule has 116 valence electrons. The molecule has 1 aromatic rings. The van der Waals surface area contributed by atoms with Crippen LogP contribution in [0.1, 0.15) is 31.2 Å². The largest absolute Gasteiger partial charge is 0.481 e. The number of sulfone groups is 1. The summed E-state index contributed by atoms with van der Waals surface area (Å²) in [6.45, 7) is 2.86. The predicted octanol–water partition coefficient (Wildman–Crippen LogP) is 1.89. The molecule has 0 saturated heterocycles. The van der Waals surface area contributed by atoms with E-state index in [4.69, 9.17) is 5.11 Å². The fourth-order valence-corrected chi connectivity index (χ4v) is 4.17. The van der Waals surface area contributed by atoms with Gasteiger partial charge in [-0.25, -0.2) is 8.42 Å². The molecule has 0 fully saturated rings. The molecule has 0 radical (unpaired) electrons. The van der Waals surface area contributed by atoms with E-state index in [0.717, 1.165) is 11.3 Å². The summed E-state index contributed by atoms with van der Waals surface area (Å²) < 4.78 is 23.7. The first-order valence-electron chi connectivity index (χ1n) is 7.19. The molecule has 1 N–H and O–H groups in total. The maximum absolute atomic E-state index is 11.8. The molecule has 0 bridgehead atoms. The van der Waals surface area contributed by atoms with E-state index < -0.39 is 15.8 Å². The number of aliphatic carboxylic acids is 1. The van der Waals surface area contributed by atoms with Crippen LogP contribution >= 0.6 is 0 Å². The van der Waals surface area contributed by atoms with Crippen LogP contribution in [0.25, 0.3) is 0 Å². The molecule has 1 heterocycles. The van der Waals surface area contributed by atoms with Gasteiger partial charge in [-0.05, 0) is 18.1 Å². The Morgan fingerprint density at radius 3 is 2.71 bits per heavy atom. The zero-order valence-electron chi connectivity index (χ0n) is 12.2. The fourth-order valence-electron chi connectivity index (χ4n) is 2.84. The van der Waals surface area contributed by atoms with Gasteiger partial charge in [-0.15, -0.1) is 0 Å². The van der Waals surface area contributed by atoms with Crippen molar-refractivity contribution in [2.75, 3.05) is 29.5 Å². The van der Waals surface area contributed by atoms with Crippen molar-refractivity contribution in [1.29, 1.82) is 0 Å². The summed E-state index contributed by atoms with van der Waals surface area (Å²) in [6, 6.07) is 7.66. The Labute approximate surface area is 125 Å². The summed E-state index contributed by atoms with van der Waals surface area (Å²) in [6.07, 6.45) is 0.704. The van der Waals surface area contributed by atoms with Crippen LogP contribution in [0.2, 0.25) is 0 Å². The van der Waals surface area contributed by atoms with Gasteiger partial charge in [0.25, 0.3) is 0 Å². The Morgan fingerprint density at radius 1 is 1.33 bits per heavy atom. The first kappa shape index (κ1) is 15.8. The number of anilines is 1. The average Bonchev–Trinajstić information content (AvgIpc) is 2.75. The lowest BCUT2D eigenvalue weighted by atomic mass is 9.98. The standard InChI is InChI=1S/C15H21NO4S/c1-2-8-21(19,20)9-7-16-11-12(10-15(17)18)13-5-3-4-6-14(13)16/h3-6,12H,2,7-11H2,1H3,(H,17,18). The molecule has 6 heteroatoms. The van der Waals surface area contributed by atoms with Crippen LogP contribution < -0.4 is 4.90 Å². The molecule has 0 amide bonds. The molecule has 5 nitrogen and oxygen atoms in total. The molecule has 1 unspecified atom stereocenters. The van der Waals surface area contributed by atoms with Crippen LogP contribution in [0.15, 0.2) is 24.3 Å². The Hall–Kier alpha value is -1.56. The summed E-state index contributed by atoms with van der Waals surface area (Å²) in [5.74, 6) is -0.557. The van der Waals surface area contributed by atoms with E-state index >= 15 is 0 Å². The second-order valence-electron chi connectivity index (χ2n) is 5.45. The van der Waals surface area contributed by atoms with E-state index in [9.17, 15) is 13.2 Å². The van der Waals surface area contributed by atoms with Crippen molar-refractivity contribution < 1.29 is 18.3 Å². The third kappa shape index (κ3) is 3.97. The number of hydrogen-bond acceptors (Lipinski definition) is 4. The normalized spacial score (nSPS) is 17.8. The van der Waals surface area contributed by atoms with Gasteiger partial charge in [0, 0.05) is 30.4 Å². The summed E-state index contributed by atoms with van der Waals surface area (Å²) in [7, 11) is -3.02. The molecular formula is C15H21NO4S. The molecular weight excluding hydrogens is 290 g/mol. The molecule has 0 aromatic heterocycles. The smallest absolute Gasteiger partial charge is 0.304 e. The summed E-state index contributed by atoms with van der Waals surface area (Å²) >= 11 is 0. The van der Waals surface area contributed by atoms with Gasteiger partial charge in [-0.1, -0.05) is 25.1 Å². The van der Waals surface area contributed by atoms with Crippen LogP contribution in [-0.4, -0.2) is 44.1 Å². The Balaban J connectivity index is 2.10. The van der Waals surface area contributed by atoms with E-state index in [0.29, 0.717) is 19.5 Å². The number of hydrogen-bond donors (Lipinski definition) is 1. The van der Waals surface area contributed by atoms with Gasteiger partial charge < -0.3 is 10.0 Å². The van der Waals surface area contributed by atoms with Gasteiger partial charge in [0.15, 0.2) is 9.84 Å². The van der Waals surface area contributed by atoms with Crippen molar-refractivity contribution in [3.05, 3.63) is 29.8 Å². The van der Waals surface area contributed by atoms with Gasteiger partial charge in [-0.3, -0.25) is 4.79 Å². The van der Waals surface area contributed by atoms with Gasteiger partial charge in [0.05, 0.1) is 12.2 Å². The highest BCUT2D eigenvalue weighted by molar-refractivity contribution is 7.91. The minimum absolute atomic E-state index is 0.0624. The van der Waals surface area contributed by atoms with Gasteiger partial charge in [-0.2, -0.15) is 0 Å². The number of carbonyl (C=O) groups is 1. The number of benzene rings is 1. The summed E-state index contributed by atoms with van der Waals surface area (Å²) in [5.41, 5.74) is 1.98. The lowest BCUT2D eigenvalue weighted by molar-refractivity contribution is -0.137. The third-order valence-electron chi connectivity index (χ3n) is 3.77. The molecule has 1 aliphatic heterocycles. The van der Waals surface area contributed by atoms with Crippen LogP contribution in [-0.2, 0) is 14.6 Å². The van der Waals surface area contributed by atoms with Gasteiger partial charge in [0.2, 0.25) is 0 Å². The van der Waals surface area contributed by atoms with Crippen LogP contribution in [0.5, 0.6) is 0 Å². The first-order valence-corrected chi connectivity index (χ1v) is 9.01. The number of rotatable bonds is 7. The lowest BCUT2D eigenvalue weighted by Gasteiger charge is -2.19. The topological polar surface area (TPSA) is 74.7 Å². The number of para-hydroxylation sites is 1. The van der Waals surface area contributed by atoms with Gasteiger partial charge >= 0.3 is 5.97 Å². The maximum Gasteiger partial charge on any atom is 0.304 e. The predicted molar refractivity (Wildman–Crippen MR) is 82.6 cm³/mol. The van der Waals surface area contributed by atoms with Crippen molar-refractivity contribution in [2.45, 2.75) is 25.7 Å². The second-order valence-corrected chi connectivity index (χ2v) is 7.76. The summed E-state index contributed by atoms with van der Waals surface area (Å²) in [4.78, 5) is 13.0. The Bertz CT molecular complexity index is 612. The molecule has 0 spiro atoms. The molecule has 1 aromatic carbocycles. The molecule has 21 heavy (non-hydrogen) atoms. The van der Waals surface area contributed by atoms with E-state index in [-0.39, 0.29) is 23.8 Å². The first-order chi connectivity index (χ1) is 9.93. The van der Waals surface area contributed by atoms with E-state index in [1.54, 1.807) is 0 Å². The zero-order valence-corrected chi connectivity index (χ0v) is 13.0. The van der Waals surface area contributed by atoms with Crippen molar-refractivity contribution >= 4 is 21.5 Å². The highest BCUT2D eigenvalue weighted by Crippen LogP contribution is 2.37. The fraction of sp³-hybridized carbons (Fsp3) is 0.533. The van der Waals surface area contributed by atoms with Crippen molar-refractivity contribution in [3.63, 3.8) is 0 Å². The van der Waals surface area contributed by atoms with Crippen LogP contribution in [0, 0.1) is 0 Å². The Morgan fingerprint density at radius 2 is 2.05 bits per heavy atom. The minimum Gasteiger partial charge on any atom is -0.481 e. The number of carboxylic acid groups (broad SMARTS) is 1. The highest BCUT2D eigenvalue weighted by Gasteiger charge is 2.30. The zero-order chi connectivity index (χ0) is 15.5. The minimum atomic E-state index is -3.02. The van der Waals surface area contributed by atoms with Crippen LogP contribution in [0.4, 0.5) is 5.69 Å². The third-order valence-corrected chi connectivity index (χ3v) is 5.60. The molecule has 0 saturated carbocycles. The SMILES string of the molecule is CCCS(=O)(=O)CCN1CC(CC(=O)O)c2ccccc21. The maximum atomic E-state index is 11.8. The van der Waals surface area contributed by atoms with Crippen molar-refractivity contribution in [2.24, 2.45) is 0 Å². The molecule has 1 atom stereocenters. The molecule has 1 aliphatic rings. The van der Waals surface area contributed by atoms with Gasteiger partial charge in [0.1, 0.15) is 0 Å². The van der Waals surface area contributed by atoms with E-state index in [2.05, 4.69) is 0 Å². The number of fused-ring (bicyclic) bond motifs is 1. The van der Waals surface area contributed by atoms with Crippen molar-refractivity contribution in [1.82, 2.24) is 0 Å². The second kappa shape index (κ2) is 6.47. The lowest BCUT2D eigenvalue weighted by Crippen LogP contribution is -2.29. The molecule has 2 rings (SSSR count). The monoisotopic (exact) mass is 311 g/mol. The van der Waals surface area contributed by atoms with Crippen LogP contribution in [0.3, 0.4) is 0 Å². The molecule has 0 aliphatic carbocycles. The Kier molecular flexibility index (Phi) is 4.88. The number of carboxylic acids is 1.